The molecule has 1 heterocycles. The monoisotopic (exact) mass is 250 g/mol. The zero-order valence-electron chi connectivity index (χ0n) is 10.4. The van der Waals surface area contributed by atoms with Crippen molar-refractivity contribution in [3.05, 3.63) is 53.2 Å². The van der Waals surface area contributed by atoms with Crippen molar-refractivity contribution < 1.29 is 0 Å². The third kappa shape index (κ3) is 2.23. The largest absolute Gasteiger partial charge is 0.399 e. The highest BCUT2D eigenvalue weighted by molar-refractivity contribution is 5.50. The highest BCUT2D eigenvalue weighted by atomic mass is 15.0. The molecular weight excluding hydrogens is 236 g/mol. The summed E-state index contributed by atoms with van der Waals surface area (Å²) in [5.41, 5.74) is 9.79. The van der Waals surface area contributed by atoms with Crippen LogP contribution in [-0.2, 0) is 6.42 Å². The molecule has 0 spiro atoms. The summed E-state index contributed by atoms with van der Waals surface area (Å²) in [6, 6.07) is 12.0. The standard InChI is InChI=1S/C15H14N4/c16-8-10-1-6-15(18-9-10)19-14-5-2-11-7-12(17)3-4-13(11)14/h1,3-4,6-7,9,14H,2,5,17H2,(H,18,19). The summed E-state index contributed by atoms with van der Waals surface area (Å²) in [5, 5.41) is 12.2. The molecule has 0 radical (unpaired) electrons. The number of aromatic nitrogens is 1. The summed E-state index contributed by atoms with van der Waals surface area (Å²) >= 11 is 0. The van der Waals surface area contributed by atoms with E-state index in [1.54, 1.807) is 12.3 Å². The third-order valence-corrected chi connectivity index (χ3v) is 3.46. The molecule has 0 amide bonds. The highest BCUT2D eigenvalue weighted by Crippen LogP contribution is 2.34. The molecule has 0 saturated heterocycles. The summed E-state index contributed by atoms with van der Waals surface area (Å²) in [4.78, 5) is 4.25. The van der Waals surface area contributed by atoms with Gasteiger partial charge in [-0.3, -0.25) is 0 Å². The van der Waals surface area contributed by atoms with Gasteiger partial charge in [0.2, 0.25) is 0 Å². The Bertz CT molecular complexity index is 640. The quantitative estimate of drug-likeness (QED) is 0.803. The van der Waals surface area contributed by atoms with Crippen molar-refractivity contribution in [2.24, 2.45) is 0 Å². The summed E-state index contributed by atoms with van der Waals surface area (Å²) in [6.45, 7) is 0. The summed E-state index contributed by atoms with van der Waals surface area (Å²) in [6.07, 6.45) is 3.66. The van der Waals surface area contributed by atoms with Crippen LogP contribution in [0.2, 0.25) is 0 Å². The van der Waals surface area contributed by atoms with E-state index in [1.807, 2.05) is 18.2 Å². The molecule has 1 unspecified atom stereocenters. The first kappa shape index (κ1) is 11.5. The fourth-order valence-corrected chi connectivity index (χ4v) is 2.51. The number of pyridine rings is 1. The molecule has 0 bridgehead atoms. The Morgan fingerprint density at radius 2 is 2.21 bits per heavy atom. The van der Waals surface area contributed by atoms with Gasteiger partial charge < -0.3 is 11.1 Å². The number of aryl methyl sites for hydroxylation is 1. The number of nitrogen functional groups attached to an aromatic ring is 1. The minimum absolute atomic E-state index is 0.274. The van der Waals surface area contributed by atoms with Crippen LogP contribution >= 0.6 is 0 Å². The summed E-state index contributed by atoms with van der Waals surface area (Å²) in [7, 11) is 0. The van der Waals surface area contributed by atoms with E-state index in [0.717, 1.165) is 24.3 Å². The van der Waals surface area contributed by atoms with Gasteiger partial charge in [-0.25, -0.2) is 4.98 Å². The van der Waals surface area contributed by atoms with Gasteiger partial charge in [0, 0.05) is 11.9 Å². The molecule has 1 aromatic carbocycles. The first-order valence-electron chi connectivity index (χ1n) is 6.27. The van der Waals surface area contributed by atoms with Crippen LogP contribution in [0.4, 0.5) is 11.5 Å². The van der Waals surface area contributed by atoms with Crippen molar-refractivity contribution in [3.8, 4) is 6.07 Å². The molecule has 2 aromatic rings. The van der Waals surface area contributed by atoms with E-state index >= 15 is 0 Å². The first-order valence-corrected chi connectivity index (χ1v) is 6.27. The molecule has 3 N–H and O–H groups in total. The second-order valence-electron chi connectivity index (χ2n) is 4.74. The number of nitriles is 1. The van der Waals surface area contributed by atoms with Gasteiger partial charge in [0.05, 0.1) is 11.6 Å². The second kappa shape index (κ2) is 4.62. The van der Waals surface area contributed by atoms with E-state index in [4.69, 9.17) is 11.0 Å². The number of fused-ring (bicyclic) bond motifs is 1. The first-order chi connectivity index (χ1) is 9.26. The van der Waals surface area contributed by atoms with E-state index < -0.39 is 0 Å². The lowest BCUT2D eigenvalue weighted by molar-refractivity contribution is 0.757. The molecule has 0 fully saturated rings. The zero-order valence-corrected chi connectivity index (χ0v) is 10.4. The minimum atomic E-state index is 0.274. The van der Waals surface area contributed by atoms with Crippen molar-refractivity contribution in [1.29, 1.82) is 5.26 Å². The van der Waals surface area contributed by atoms with Gasteiger partial charge in [-0.1, -0.05) is 6.07 Å². The average Bonchev–Trinajstić information content (AvgIpc) is 2.82. The Morgan fingerprint density at radius 3 is 2.95 bits per heavy atom. The van der Waals surface area contributed by atoms with Crippen LogP contribution in [0.5, 0.6) is 0 Å². The van der Waals surface area contributed by atoms with Gasteiger partial charge in [-0.15, -0.1) is 0 Å². The topological polar surface area (TPSA) is 74.7 Å². The number of hydrogen-bond acceptors (Lipinski definition) is 4. The van der Waals surface area contributed by atoms with Crippen LogP contribution < -0.4 is 11.1 Å². The van der Waals surface area contributed by atoms with Crippen LogP contribution in [0.15, 0.2) is 36.5 Å². The predicted octanol–water partition coefficient (Wildman–Crippen LogP) is 2.63. The fourth-order valence-electron chi connectivity index (χ4n) is 2.51. The van der Waals surface area contributed by atoms with E-state index in [9.17, 15) is 0 Å². The van der Waals surface area contributed by atoms with Crippen LogP contribution in [0.3, 0.4) is 0 Å². The molecule has 19 heavy (non-hydrogen) atoms. The lowest BCUT2D eigenvalue weighted by atomic mass is 10.1. The Labute approximate surface area is 111 Å². The lowest BCUT2D eigenvalue weighted by Gasteiger charge is -2.14. The van der Waals surface area contributed by atoms with Gasteiger partial charge >= 0.3 is 0 Å². The molecule has 4 nitrogen and oxygen atoms in total. The molecule has 1 aliphatic carbocycles. The molecule has 1 aromatic heterocycles. The van der Waals surface area contributed by atoms with Crippen LogP contribution in [0.25, 0.3) is 0 Å². The number of rotatable bonds is 2. The lowest BCUT2D eigenvalue weighted by Crippen LogP contribution is -2.08. The van der Waals surface area contributed by atoms with E-state index in [0.29, 0.717) is 5.56 Å². The molecule has 4 heteroatoms. The smallest absolute Gasteiger partial charge is 0.126 e. The Kier molecular flexibility index (Phi) is 2.81. The SMILES string of the molecule is N#Cc1ccc(NC2CCc3cc(N)ccc32)nc1. The molecule has 1 atom stereocenters. The fraction of sp³-hybridized carbons (Fsp3) is 0.200. The highest BCUT2D eigenvalue weighted by Gasteiger charge is 2.22. The number of nitrogens with zero attached hydrogens (tertiary/aromatic N) is 2. The molecule has 1 aliphatic rings. The summed E-state index contributed by atoms with van der Waals surface area (Å²) in [5.74, 6) is 0.800. The normalized spacial score (nSPS) is 16.7. The van der Waals surface area contributed by atoms with Gasteiger partial charge in [-0.2, -0.15) is 5.26 Å². The Balaban J connectivity index is 1.80. The maximum Gasteiger partial charge on any atom is 0.126 e. The van der Waals surface area contributed by atoms with Crippen molar-refractivity contribution in [1.82, 2.24) is 4.98 Å². The number of nitrogens with two attached hydrogens (primary N) is 1. The Hall–Kier alpha value is -2.54. The maximum absolute atomic E-state index is 8.75. The van der Waals surface area contributed by atoms with E-state index in [-0.39, 0.29) is 6.04 Å². The van der Waals surface area contributed by atoms with Crippen molar-refractivity contribution in [3.63, 3.8) is 0 Å². The number of nitrogens with one attached hydrogen (secondary N) is 1. The van der Waals surface area contributed by atoms with E-state index in [2.05, 4.69) is 22.4 Å². The molecule has 3 rings (SSSR count). The summed E-state index contributed by atoms with van der Waals surface area (Å²) < 4.78 is 0. The van der Waals surface area contributed by atoms with E-state index in [1.165, 1.54) is 11.1 Å². The van der Waals surface area contributed by atoms with Gasteiger partial charge in [-0.05, 0) is 48.2 Å². The molecular formula is C15H14N4. The average molecular weight is 250 g/mol. The third-order valence-electron chi connectivity index (χ3n) is 3.46. The Morgan fingerprint density at radius 1 is 1.32 bits per heavy atom. The van der Waals surface area contributed by atoms with Crippen molar-refractivity contribution >= 4 is 11.5 Å². The van der Waals surface area contributed by atoms with Gasteiger partial charge in [0.25, 0.3) is 0 Å². The molecule has 0 saturated carbocycles. The van der Waals surface area contributed by atoms with Gasteiger partial charge in [0.1, 0.15) is 11.9 Å². The number of anilines is 2. The second-order valence-corrected chi connectivity index (χ2v) is 4.74. The van der Waals surface area contributed by atoms with Gasteiger partial charge in [0.15, 0.2) is 0 Å². The predicted molar refractivity (Wildman–Crippen MR) is 74.5 cm³/mol. The number of hydrogen-bond donors (Lipinski definition) is 2. The van der Waals surface area contributed by atoms with Crippen LogP contribution in [0.1, 0.15) is 29.2 Å². The van der Waals surface area contributed by atoms with Crippen molar-refractivity contribution in [2.75, 3.05) is 11.1 Å². The molecule has 0 aliphatic heterocycles. The van der Waals surface area contributed by atoms with Crippen molar-refractivity contribution in [2.45, 2.75) is 18.9 Å². The van der Waals surface area contributed by atoms with Crippen LogP contribution in [0, 0.1) is 11.3 Å². The minimum Gasteiger partial charge on any atom is -0.399 e. The zero-order chi connectivity index (χ0) is 13.2. The van der Waals surface area contributed by atoms with Crippen LogP contribution in [-0.4, -0.2) is 4.98 Å². The maximum atomic E-state index is 8.75. The number of benzene rings is 1. The molecule has 94 valence electrons.